The molecule has 0 saturated carbocycles. The Morgan fingerprint density at radius 2 is 1.94 bits per heavy atom. The lowest BCUT2D eigenvalue weighted by atomic mass is 10.2. The standard InChI is InChI=1S/C13H10ClF2NO/c14-11-2-1-3-12(16)13(11)17-7-8-4-9(15)6-10(18)5-8/h1-6,17-18H,7H2. The van der Waals surface area contributed by atoms with Gasteiger partial charge in [-0.25, -0.2) is 8.78 Å². The van der Waals surface area contributed by atoms with Crippen molar-refractivity contribution in [3.05, 3.63) is 58.6 Å². The van der Waals surface area contributed by atoms with Crippen LogP contribution in [0.15, 0.2) is 36.4 Å². The summed E-state index contributed by atoms with van der Waals surface area (Å²) in [6.07, 6.45) is 0. The van der Waals surface area contributed by atoms with Crippen LogP contribution in [0.4, 0.5) is 14.5 Å². The van der Waals surface area contributed by atoms with Crippen molar-refractivity contribution in [1.29, 1.82) is 0 Å². The van der Waals surface area contributed by atoms with E-state index in [4.69, 9.17) is 11.6 Å². The van der Waals surface area contributed by atoms with E-state index >= 15 is 0 Å². The first-order valence-corrected chi connectivity index (χ1v) is 5.60. The average molecular weight is 270 g/mol. The summed E-state index contributed by atoms with van der Waals surface area (Å²) in [6.45, 7) is 0.159. The number of anilines is 1. The molecule has 5 heteroatoms. The molecule has 18 heavy (non-hydrogen) atoms. The minimum absolute atomic E-state index is 0.155. The summed E-state index contributed by atoms with van der Waals surface area (Å²) < 4.78 is 26.5. The SMILES string of the molecule is Oc1cc(F)cc(CNc2c(F)cccc2Cl)c1. The molecule has 2 N–H and O–H groups in total. The van der Waals surface area contributed by atoms with Crippen LogP contribution in [0, 0.1) is 11.6 Å². The first-order chi connectivity index (χ1) is 8.56. The van der Waals surface area contributed by atoms with Gasteiger partial charge in [0.25, 0.3) is 0 Å². The predicted molar refractivity (Wildman–Crippen MR) is 66.8 cm³/mol. The van der Waals surface area contributed by atoms with E-state index in [-0.39, 0.29) is 23.0 Å². The van der Waals surface area contributed by atoms with Gasteiger partial charge in [-0.3, -0.25) is 0 Å². The van der Waals surface area contributed by atoms with Crippen LogP contribution in [0.1, 0.15) is 5.56 Å². The topological polar surface area (TPSA) is 32.3 Å². The molecule has 2 nitrogen and oxygen atoms in total. The van der Waals surface area contributed by atoms with Crippen LogP contribution in [-0.4, -0.2) is 5.11 Å². The lowest BCUT2D eigenvalue weighted by molar-refractivity contribution is 0.468. The summed E-state index contributed by atoms with van der Waals surface area (Å²) in [6, 6.07) is 7.97. The van der Waals surface area contributed by atoms with Crippen molar-refractivity contribution >= 4 is 17.3 Å². The van der Waals surface area contributed by atoms with Crippen LogP contribution in [0.3, 0.4) is 0 Å². The summed E-state index contributed by atoms with van der Waals surface area (Å²) in [7, 11) is 0. The number of phenolic OH excluding ortho intramolecular Hbond substituents is 1. The zero-order valence-electron chi connectivity index (χ0n) is 9.25. The van der Waals surface area contributed by atoms with E-state index in [0.717, 1.165) is 6.07 Å². The van der Waals surface area contributed by atoms with Crippen molar-refractivity contribution in [3.8, 4) is 5.75 Å². The number of nitrogens with one attached hydrogen (secondary N) is 1. The van der Waals surface area contributed by atoms with E-state index in [0.29, 0.717) is 5.56 Å². The fourth-order valence-corrected chi connectivity index (χ4v) is 1.82. The second kappa shape index (κ2) is 5.23. The number of benzene rings is 2. The number of aromatic hydroxyl groups is 1. The van der Waals surface area contributed by atoms with Crippen LogP contribution in [-0.2, 0) is 6.54 Å². The number of hydrogen-bond donors (Lipinski definition) is 2. The molecule has 0 spiro atoms. The van der Waals surface area contributed by atoms with Gasteiger partial charge in [-0.05, 0) is 29.8 Å². The highest BCUT2D eigenvalue weighted by Gasteiger charge is 2.07. The molecule has 0 fully saturated rings. The van der Waals surface area contributed by atoms with E-state index in [2.05, 4.69) is 5.32 Å². The third-order valence-corrected chi connectivity index (χ3v) is 2.69. The predicted octanol–water partition coefficient (Wildman–Crippen LogP) is 3.94. The molecule has 0 unspecified atom stereocenters. The molecule has 2 aromatic rings. The Balaban J connectivity index is 2.16. The Kier molecular flexibility index (Phi) is 3.67. The molecule has 0 aliphatic carbocycles. The number of halogens is 3. The maximum Gasteiger partial charge on any atom is 0.147 e. The monoisotopic (exact) mass is 269 g/mol. The molecule has 0 aromatic heterocycles. The van der Waals surface area contributed by atoms with Gasteiger partial charge in [-0.2, -0.15) is 0 Å². The summed E-state index contributed by atoms with van der Waals surface area (Å²) in [4.78, 5) is 0. The van der Waals surface area contributed by atoms with Gasteiger partial charge in [0.1, 0.15) is 17.4 Å². The number of phenols is 1. The Bertz CT molecular complexity index is 534. The Morgan fingerprint density at radius 1 is 1.17 bits per heavy atom. The van der Waals surface area contributed by atoms with Crippen LogP contribution < -0.4 is 5.32 Å². The van der Waals surface area contributed by atoms with Crippen molar-refractivity contribution < 1.29 is 13.9 Å². The van der Waals surface area contributed by atoms with Gasteiger partial charge >= 0.3 is 0 Å². The molecule has 94 valence electrons. The highest BCUT2D eigenvalue weighted by molar-refractivity contribution is 6.33. The van der Waals surface area contributed by atoms with E-state index < -0.39 is 11.6 Å². The molecule has 0 aliphatic rings. The Hall–Kier alpha value is -1.81. The second-order valence-corrected chi connectivity index (χ2v) is 4.18. The van der Waals surface area contributed by atoms with Gasteiger partial charge in [-0.1, -0.05) is 17.7 Å². The van der Waals surface area contributed by atoms with Crippen molar-refractivity contribution in [3.63, 3.8) is 0 Å². The smallest absolute Gasteiger partial charge is 0.147 e. The van der Waals surface area contributed by atoms with Crippen molar-refractivity contribution in [2.75, 3.05) is 5.32 Å². The van der Waals surface area contributed by atoms with Crippen LogP contribution in [0.25, 0.3) is 0 Å². The van der Waals surface area contributed by atoms with E-state index in [1.54, 1.807) is 6.07 Å². The van der Waals surface area contributed by atoms with Gasteiger partial charge in [0.2, 0.25) is 0 Å². The summed E-state index contributed by atoms with van der Waals surface area (Å²) in [5.41, 5.74) is 0.648. The van der Waals surface area contributed by atoms with Crippen molar-refractivity contribution in [1.82, 2.24) is 0 Å². The van der Waals surface area contributed by atoms with Crippen LogP contribution in [0.2, 0.25) is 5.02 Å². The van der Waals surface area contributed by atoms with E-state index in [1.807, 2.05) is 0 Å². The normalized spacial score (nSPS) is 10.4. The maximum atomic E-state index is 13.4. The highest BCUT2D eigenvalue weighted by atomic mass is 35.5. The fraction of sp³-hybridized carbons (Fsp3) is 0.0769. The summed E-state index contributed by atoms with van der Waals surface area (Å²) in [5, 5.41) is 12.2. The third kappa shape index (κ3) is 2.90. The van der Waals surface area contributed by atoms with Crippen LogP contribution >= 0.6 is 11.6 Å². The van der Waals surface area contributed by atoms with Crippen molar-refractivity contribution in [2.24, 2.45) is 0 Å². The third-order valence-electron chi connectivity index (χ3n) is 2.37. The lowest BCUT2D eigenvalue weighted by Gasteiger charge is -2.09. The lowest BCUT2D eigenvalue weighted by Crippen LogP contribution is -2.02. The molecule has 2 rings (SSSR count). The van der Waals surface area contributed by atoms with Gasteiger partial charge in [0, 0.05) is 12.6 Å². The first kappa shape index (κ1) is 12.6. The molecule has 0 aliphatic heterocycles. The molecule has 0 bridgehead atoms. The average Bonchev–Trinajstić information content (AvgIpc) is 2.27. The maximum absolute atomic E-state index is 13.4. The molecule has 0 amide bonds. The van der Waals surface area contributed by atoms with Crippen molar-refractivity contribution in [2.45, 2.75) is 6.54 Å². The molecule has 0 atom stereocenters. The zero-order valence-corrected chi connectivity index (χ0v) is 10.0. The van der Waals surface area contributed by atoms with E-state index in [9.17, 15) is 13.9 Å². The Morgan fingerprint density at radius 3 is 2.61 bits per heavy atom. The molecule has 0 saturated heterocycles. The summed E-state index contributed by atoms with van der Waals surface area (Å²) >= 11 is 5.83. The molecule has 0 radical (unpaired) electrons. The molecular formula is C13H10ClF2NO. The number of rotatable bonds is 3. The van der Waals surface area contributed by atoms with Crippen LogP contribution in [0.5, 0.6) is 5.75 Å². The zero-order chi connectivity index (χ0) is 13.1. The molecule has 2 aromatic carbocycles. The fourth-order valence-electron chi connectivity index (χ4n) is 1.59. The van der Waals surface area contributed by atoms with Gasteiger partial charge in [0.05, 0.1) is 10.7 Å². The number of hydrogen-bond acceptors (Lipinski definition) is 2. The summed E-state index contributed by atoms with van der Waals surface area (Å²) in [5.74, 6) is -1.21. The minimum atomic E-state index is -0.550. The molecule has 0 heterocycles. The molecular weight excluding hydrogens is 260 g/mol. The number of para-hydroxylation sites is 1. The van der Waals surface area contributed by atoms with Gasteiger partial charge < -0.3 is 10.4 Å². The second-order valence-electron chi connectivity index (χ2n) is 3.77. The minimum Gasteiger partial charge on any atom is -0.508 e. The Labute approximate surface area is 108 Å². The van der Waals surface area contributed by atoms with E-state index in [1.165, 1.54) is 24.3 Å². The quantitative estimate of drug-likeness (QED) is 0.885. The van der Waals surface area contributed by atoms with Gasteiger partial charge in [0.15, 0.2) is 0 Å². The largest absolute Gasteiger partial charge is 0.508 e. The highest BCUT2D eigenvalue weighted by Crippen LogP contribution is 2.25. The van der Waals surface area contributed by atoms with Gasteiger partial charge in [-0.15, -0.1) is 0 Å². The first-order valence-electron chi connectivity index (χ1n) is 5.22.